The third-order valence-corrected chi connectivity index (χ3v) is 7.98. The van der Waals surface area contributed by atoms with E-state index >= 15 is 0 Å². The maximum Gasteiger partial charge on any atom is 0.243 e. The van der Waals surface area contributed by atoms with E-state index < -0.39 is 10.0 Å². The van der Waals surface area contributed by atoms with Crippen molar-refractivity contribution in [1.29, 1.82) is 0 Å². The van der Waals surface area contributed by atoms with E-state index in [0.29, 0.717) is 25.6 Å². The number of piperazine rings is 1. The molecule has 0 saturated carbocycles. The first-order valence-electron chi connectivity index (χ1n) is 11.9. The van der Waals surface area contributed by atoms with Crippen molar-refractivity contribution in [3.63, 3.8) is 0 Å². The second-order valence-electron chi connectivity index (χ2n) is 9.30. The molecule has 1 heterocycles. The summed E-state index contributed by atoms with van der Waals surface area (Å²) in [5.74, 6) is 0.526. The van der Waals surface area contributed by atoms with Crippen LogP contribution in [0.2, 0.25) is 0 Å². The standard InChI is InChI=1S/C26H37N3O3S/c1-21(2)19-23-9-11-25(12-10-23)33(31,32)29(20-22(3)24-7-5-4-6-8-24)16-13-26(30)28-17-14-27-15-18-28/h4-12,21-22,27H,13-20H2,1-3H3. The highest BCUT2D eigenvalue weighted by molar-refractivity contribution is 7.89. The normalized spacial score (nSPS) is 15.7. The van der Waals surface area contributed by atoms with Gasteiger partial charge in [-0.05, 0) is 41.5 Å². The predicted octanol–water partition coefficient (Wildman–Crippen LogP) is 3.50. The summed E-state index contributed by atoms with van der Waals surface area (Å²) >= 11 is 0. The van der Waals surface area contributed by atoms with Crippen LogP contribution in [0.25, 0.3) is 0 Å². The Balaban J connectivity index is 1.79. The topological polar surface area (TPSA) is 69.7 Å². The molecule has 0 bridgehead atoms. The fourth-order valence-electron chi connectivity index (χ4n) is 4.21. The number of hydrogen-bond acceptors (Lipinski definition) is 4. The number of nitrogens with one attached hydrogen (secondary N) is 1. The first-order valence-corrected chi connectivity index (χ1v) is 13.3. The number of nitrogens with zero attached hydrogens (tertiary/aromatic N) is 2. The summed E-state index contributed by atoms with van der Waals surface area (Å²) in [6, 6.07) is 17.1. The SMILES string of the molecule is CC(C)Cc1ccc(S(=O)(=O)N(CCC(=O)N2CCNCC2)CC(C)c2ccccc2)cc1. The van der Waals surface area contributed by atoms with Gasteiger partial charge in [0.2, 0.25) is 15.9 Å². The number of sulfonamides is 1. The lowest BCUT2D eigenvalue weighted by Crippen LogP contribution is -2.47. The van der Waals surface area contributed by atoms with E-state index in [1.54, 1.807) is 12.1 Å². The van der Waals surface area contributed by atoms with Gasteiger partial charge in [-0.3, -0.25) is 4.79 Å². The Hall–Kier alpha value is -2.22. The number of hydrogen-bond donors (Lipinski definition) is 1. The van der Waals surface area contributed by atoms with Gasteiger partial charge >= 0.3 is 0 Å². The predicted molar refractivity (Wildman–Crippen MR) is 133 cm³/mol. The molecule has 180 valence electrons. The molecule has 1 N–H and O–H groups in total. The number of benzene rings is 2. The molecule has 0 aliphatic carbocycles. The van der Waals surface area contributed by atoms with Crippen LogP contribution in [0.5, 0.6) is 0 Å². The highest BCUT2D eigenvalue weighted by Crippen LogP contribution is 2.23. The lowest BCUT2D eigenvalue weighted by atomic mass is 10.0. The van der Waals surface area contributed by atoms with Gasteiger partial charge in [0, 0.05) is 45.7 Å². The average Bonchev–Trinajstić information content (AvgIpc) is 2.82. The van der Waals surface area contributed by atoms with Crippen LogP contribution in [0, 0.1) is 5.92 Å². The van der Waals surface area contributed by atoms with E-state index in [9.17, 15) is 13.2 Å². The average molecular weight is 472 g/mol. The molecule has 1 aliphatic rings. The zero-order chi connectivity index (χ0) is 23.8. The zero-order valence-electron chi connectivity index (χ0n) is 20.0. The van der Waals surface area contributed by atoms with E-state index in [-0.39, 0.29) is 29.7 Å². The van der Waals surface area contributed by atoms with Crippen LogP contribution < -0.4 is 5.32 Å². The Morgan fingerprint density at radius 2 is 1.64 bits per heavy atom. The molecule has 1 atom stereocenters. The van der Waals surface area contributed by atoms with Gasteiger partial charge in [0.1, 0.15) is 0 Å². The summed E-state index contributed by atoms with van der Waals surface area (Å²) in [6.07, 6.45) is 1.10. The maximum absolute atomic E-state index is 13.6. The van der Waals surface area contributed by atoms with Gasteiger partial charge in [-0.1, -0.05) is 63.2 Å². The molecule has 0 aromatic heterocycles. The van der Waals surface area contributed by atoms with Crippen LogP contribution in [-0.2, 0) is 21.2 Å². The van der Waals surface area contributed by atoms with Gasteiger partial charge in [0.25, 0.3) is 0 Å². The number of carbonyl (C=O) groups excluding carboxylic acids is 1. The Morgan fingerprint density at radius 3 is 2.24 bits per heavy atom. The van der Waals surface area contributed by atoms with Crippen molar-refractivity contribution in [3.05, 3.63) is 65.7 Å². The Bertz CT molecular complexity index is 985. The lowest BCUT2D eigenvalue weighted by Gasteiger charge is -2.29. The molecule has 0 radical (unpaired) electrons. The van der Waals surface area contributed by atoms with Crippen LogP contribution in [0.1, 0.15) is 44.2 Å². The largest absolute Gasteiger partial charge is 0.340 e. The second kappa shape index (κ2) is 11.8. The van der Waals surface area contributed by atoms with Crippen LogP contribution >= 0.6 is 0 Å². The molecule has 1 saturated heterocycles. The molecule has 3 rings (SSSR count). The maximum atomic E-state index is 13.6. The lowest BCUT2D eigenvalue weighted by molar-refractivity contribution is -0.131. The molecule has 1 unspecified atom stereocenters. The molecule has 33 heavy (non-hydrogen) atoms. The van der Waals surface area contributed by atoms with Gasteiger partial charge in [-0.2, -0.15) is 4.31 Å². The van der Waals surface area contributed by atoms with Gasteiger partial charge in [0.05, 0.1) is 4.90 Å². The molecule has 2 aromatic rings. The fourth-order valence-corrected chi connectivity index (χ4v) is 5.74. The molecule has 0 spiro atoms. The fraction of sp³-hybridized carbons (Fsp3) is 0.500. The summed E-state index contributed by atoms with van der Waals surface area (Å²) in [6.45, 7) is 9.72. The van der Waals surface area contributed by atoms with Gasteiger partial charge in [-0.15, -0.1) is 0 Å². The summed E-state index contributed by atoms with van der Waals surface area (Å²) in [7, 11) is -3.73. The van der Waals surface area contributed by atoms with Crippen LogP contribution in [0.15, 0.2) is 59.5 Å². The summed E-state index contributed by atoms with van der Waals surface area (Å²) in [5.41, 5.74) is 2.21. The second-order valence-corrected chi connectivity index (χ2v) is 11.2. The summed E-state index contributed by atoms with van der Waals surface area (Å²) in [5, 5.41) is 3.24. The molecule has 2 aromatic carbocycles. The number of amides is 1. The third-order valence-electron chi connectivity index (χ3n) is 6.10. The van der Waals surface area contributed by atoms with Crippen LogP contribution in [-0.4, -0.2) is 62.8 Å². The Kier molecular flexibility index (Phi) is 9.06. The van der Waals surface area contributed by atoms with Crippen LogP contribution in [0.3, 0.4) is 0 Å². The molecule has 1 aliphatic heterocycles. The zero-order valence-corrected chi connectivity index (χ0v) is 20.9. The van der Waals surface area contributed by atoms with Crippen molar-refractivity contribution in [1.82, 2.24) is 14.5 Å². The minimum Gasteiger partial charge on any atom is -0.340 e. The minimum atomic E-state index is -3.73. The summed E-state index contributed by atoms with van der Waals surface area (Å²) < 4.78 is 28.7. The van der Waals surface area contributed by atoms with Crippen LogP contribution in [0.4, 0.5) is 0 Å². The Morgan fingerprint density at radius 1 is 1.00 bits per heavy atom. The Labute approximate surface area is 199 Å². The van der Waals surface area contributed by atoms with E-state index in [2.05, 4.69) is 19.2 Å². The smallest absolute Gasteiger partial charge is 0.243 e. The van der Waals surface area contributed by atoms with Crippen molar-refractivity contribution in [2.45, 2.75) is 44.4 Å². The van der Waals surface area contributed by atoms with Gasteiger partial charge < -0.3 is 10.2 Å². The number of rotatable bonds is 10. The van der Waals surface area contributed by atoms with Crippen molar-refractivity contribution in [3.8, 4) is 0 Å². The van der Waals surface area contributed by atoms with Gasteiger partial charge in [0.15, 0.2) is 0 Å². The number of carbonyl (C=O) groups is 1. The van der Waals surface area contributed by atoms with E-state index in [1.807, 2.05) is 54.3 Å². The molecule has 7 heteroatoms. The van der Waals surface area contributed by atoms with Gasteiger partial charge in [-0.25, -0.2) is 8.42 Å². The van der Waals surface area contributed by atoms with Crippen molar-refractivity contribution < 1.29 is 13.2 Å². The quantitative estimate of drug-likeness (QED) is 0.576. The van der Waals surface area contributed by atoms with E-state index in [0.717, 1.165) is 30.6 Å². The molecule has 6 nitrogen and oxygen atoms in total. The highest BCUT2D eigenvalue weighted by atomic mass is 32.2. The molecular formula is C26H37N3O3S. The van der Waals surface area contributed by atoms with E-state index in [4.69, 9.17) is 0 Å². The molecule has 1 fully saturated rings. The van der Waals surface area contributed by atoms with Crippen molar-refractivity contribution in [2.24, 2.45) is 5.92 Å². The van der Waals surface area contributed by atoms with E-state index in [1.165, 1.54) is 4.31 Å². The first-order chi connectivity index (χ1) is 15.8. The summed E-state index contributed by atoms with van der Waals surface area (Å²) in [4.78, 5) is 14.9. The minimum absolute atomic E-state index is 0.00970. The van der Waals surface area contributed by atoms with Crippen molar-refractivity contribution in [2.75, 3.05) is 39.3 Å². The van der Waals surface area contributed by atoms with Crippen molar-refractivity contribution >= 4 is 15.9 Å². The monoisotopic (exact) mass is 471 g/mol. The first kappa shape index (κ1) is 25.4. The molecule has 1 amide bonds. The molecular weight excluding hydrogens is 434 g/mol. The third kappa shape index (κ3) is 7.13. The highest BCUT2D eigenvalue weighted by Gasteiger charge is 2.28.